The number of nitrogens with zero attached hydrogens (tertiary/aromatic N) is 1. The van der Waals surface area contributed by atoms with Crippen LogP contribution in [-0.4, -0.2) is 127 Å². The highest BCUT2D eigenvalue weighted by Crippen LogP contribution is 2.50. The third kappa shape index (κ3) is 15.5. The minimum atomic E-state index is -4.47. The Labute approximate surface area is 340 Å². The van der Waals surface area contributed by atoms with Gasteiger partial charge in [-0.15, -0.1) is 0 Å². The molecule has 2 aliphatic rings. The number of nitrogens with one attached hydrogen (secondary N) is 3. The monoisotopic (exact) mass is 866 g/mol. The Morgan fingerprint density at radius 3 is 2.21 bits per heavy atom. The molecular formula is C35H55N4O17PS. The maximum absolute atomic E-state index is 12.7. The standard InChI is InChI=1S/C35H55N4O17PS/c1-20(40)37-29-32(53-23(4)43)31(52-22(3)42)26(19-51-21(2)41)55-34(29)50-17-10-8-7-9-13-28(58)36-15-11-12-24-30(56-57(46,47)49-6)25(18-48-5)54-33(24)39-16-14-27(44)38-35(39)45/h14,16,24-26,29-34H,7-13,15,17-19H2,1-6H3,(H,36,58)(H,37,40)(H,46,47)(H,38,44,45)/t24-,25+,26+,29+,30?,31-,32+,33+,34+/m0/s1. The quantitative estimate of drug-likeness (QED) is 0.0395. The zero-order valence-electron chi connectivity index (χ0n) is 33.4. The highest BCUT2D eigenvalue weighted by Gasteiger charge is 2.52. The molecule has 1 amide bonds. The molecule has 0 radical (unpaired) electrons. The summed E-state index contributed by atoms with van der Waals surface area (Å²) in [7, 11) is -2.00. The second-order valence-electron chi connectivity index (χ2n) is 13.7. The van der Waals surface area contributed by atoms with Gasteiger partial charge in [0.05, 0.1) is 11.6 Å². The molecule has 0 aliphatic carbocycles. The number of methoxy groups -OCH3 is 1. The lowest BCUT2D eigenvalue weighted by Gasteiger charge is -2.44. The molecule has 2 saturated heterocycles. The second-order valence-corrected chi connectivity index (χ2v) is 15.7. The first kappa shape index (κ1) is 48.8. The fraction of sp³-hybridized carbons (Fsp3) is 0.743. The third-order valence-corrected chi connectivity index (χ3v) is 10.4. The van der Waals surface area contributed by atoms with Crippen molar-refractivity contribution in [2.75, 3.05) is 40.6 Å². The van der Waals surface area contributed by atoms with Gasteiger partial charge in [-0.1, -0.05) is 25.1 Å². The number of unbranched alkanes of at least 4 members (excludes halogenated alkanes) is 3. The summed E-state index contributed by atoms with van der Waals surface area (Å²) in [5, 5.41) is 5.88. The van der Waals surface area contributed by atoms with Gasteiger partial charge < -0.3 is 48.7 Å². The van der Waals surface area contributed by atoms with Crippen molar-refractivity contribution >= 4 is 48.8 Å². The number of ether oxygens (including phenoxy) is 7. The van der Waals surface area contributed by atoms with Gasteiger partial charge in [0.2, 0.25) is 5.91 Å². The molecule has 328 valence electrons. The van der Waals surface area contributed by atoms with Gasteiger partial charge in [0.25, 0.3) is 5.56 Å². The number of phosphoric ester groups is 1. The normalized spacial score (nSPS) is 26.6. The van der Waals surface area contributed by atoms with Crippen molar-refractivity contribution < 1.29 is 70.8 Å². The van der Waals surface area contributed by atoms with Crippen molar-refractivity contribution in [1.29, 1.82) is 0 Å². The summed E-state index contributed by atoms with van der Waals surface area (Å²) in [6, 6.07) is 0.124. The number of aromatic amines is 1. The van der Waals surface area contributed by atoms with Crippen LogP contribution in [0.15, 0.2) is 21.9 Å². The largest absolute Gasteiger partial charge is 0.472 e. The predicted molar refractivity (Wildman–Crippen MR) is 205 cm³/mol. The van der Waals surface area contributed by atoms with Gasteiger partial charge in [-0.3, -0.25) is 42.6 Å². The molecule has 3 rings (SSSR count). The summed E-state index contributed by atoms with van der Waals surface area (Å²) in [6.07, 6.45) is -1.74. The van der Waals surface area contributed by atoms with Gasteiger partial charge in [0.1, 0.15) is 37.2 Å². The Bertz CT molecular complexity index is 1710. The summed E-state index contributed by atoms with van der Waals surface area (Å²) >= 11 is 5.54. The van der Waals surface area contributed by atoms with E-state index < -0.39 is 97.9 Å². The molecule has 2 aliphatic heterocycles. The first-order chi connectivity index (χ1) is 27.5. The molecule has 21 nitrogen and oxygen atoms in total. The molecule has 0 saturated carbocycles. The lowest BCUT2D eigenvalue weighted by atomic mass is 9.94. The van der Waals surface area contributed by atoms with E-state index in [2.05, 4.69) is 20.1 Å². The van der Waals surface area contributed by atoms with Crippen LogP contribution in [-0.2, 0) is 65.9 Å². The molecule has 58 heavy (non-hydrogen) atoms. The predicted octanol–water partition coefficient (Wildman–Crippen LogP) is 1.15. The molecule has 2 unspecified atom stereocenters. The van der Waals surface area contributed by atoms with Crippen LogP contribution in [0.25, 0.3) is 0 Å². The van der Waals surface area contributed by atoms with Crippen LogP contribution < -0.4 is 21.9 Å². The molecule has 10 atom stereocenters. The minimum Gasteiger partial charge on any atom is -0.463 e. The van der Waals surface area contributed by atoms with Gasteiger partial charge in [0, 0.05) is 73.2 Å². The number of esters is 3. The fourth-order valence-corrected chi connectivity index (χ4v) is 7.60. The van der Waals surface area contributed by atoms with Crippen LogP contribution in [0, 0.1) is 5.92 Å². The Balaban J connectivity index is 1.51. The summed E-state index contributed by atoms with van der Waals surface area (Å²) in [5.74, 6) is -3.11. The number of hydrogen-bond acceptors (Lipinski definition) is 17. The van der Waals surface area contributed by atoms with Crippen LogP contribution in [0.5, 0.6) is 0 Å². The number of hydrogen-bond donors (Lipinski definition) is 4. The summed E-state index contributed by atoms with van der Waals surface area (Å²) < 4.78 is 63.1. The van der Waals surface area contributed by atoms with E-state index in [1.54, 1.807) is 0 Å². The number of carbonyl (C=O) groups excluding carboxylic acids is 4. The van der Waals surface area contributed by atoms with E-state index in [4.69, 9.17) is 49.9 Å². The van der Waals surface area contributed by atoms with Gasteiger partial charge in [-0.05, 0) is 32.1 Å². The minimum absolute atomic E-state index is 0.00731. The second kappa shape index (κ2) is 23.9. The van der Waals surface area contributed by atoms with Crippen LogP contribution in [0.2, 0.25) is 0 Å². The molecule has 0 bridgehead atoms. The molecule has 2 fully saturated rings. The number of thiocarbonyl (C=S) groups is 1. The summed E-state index contributed by atoms with van der Waals surface area (Å²) in [6.45, 7) is 5.08. The Morgan fingerprint density at radius 1 is 0.914 bits per heavy atom. The number of H-pyrrole nitrogens is 1. The summed E-state index contributed by atoms with van der Waals surface area (Å²) in [5.41, 5.74) is -1.30. The summed E-state index contributed by atoms with van der Waals surface area (Å²) in [4.78, 5) is 85.0. The van der Waals surface area contributed by atoms with Gasteiger partial charge in [-0.2, -0.15) is 0 Å². The lowest BCUT2D eigenvalue weighted by molar-refractivity contribution is -0.277. The zero-order valence-corrected chi connectivity index (χ0v) is 35.1. The van der Waals surface area contributed by atoms with Crippen molar-refractivity contribution in [3.8, 4) is 0 Å². The van der Waals surface area contributed by atoms with Crippen LogP contribution in [0.3, 0.4) is 0 Å². The molecular weight excluding hydrogens is 811 g/mol. The molecule has 1 aromatic rings. The van der Waals surface area contributed by atoms with E-state index in [9.17, 15) is 38.2 Å². The molecule has 0 aromatic carbocycles. The van der Waals surface area contributed by atoms with E-state index in [1.807, 2.05) is 0 Å². The molecule has 1 aromatic heterocycles. The molecule has 0 spiro atoms. The van der Waals surface area contributed by atoms with Gasteiger partial charge in [-0.25, -0.2) is 9.36 Å². The lowest BCUT2D eigenvalue weighted by Crippen LogP contribution is -2.66. The number of phosphoric acid groups is 1. The number of amides is 1. The average molecular weight is 867 g/mol. The van der Waals surface area contributed by atoms with Crippen LogP contribution in [0.1, 0.15) is 78.9 Å². The molecule has 23 heteroatoms. The Morgan fingerprint density at radius 2 is 1.59 bits per heavy atom. The SMILES string of the molecule is COC[C@H]1O[C@@H](n2ccc(=O)[nH]c2=O)[C@@H](CCCNC(=S)CCCCCCO[C@@H]2O[C@H](COC(C)=O)[C@H](OC(C)=O)[C@H](OC(C)=O)[C@H]2NC(C)=O)C1OP(=O)(O)OC. The van der Waals surface area contributed by atoms with Crippen molar-refractivity contribution in [2.24, 2.45) is 5.92 Å². The number of aromatic nitrogens is 2. The van der Waals surface area contributed by atoms with Gasteiger partial charge >= 0.3 is 31.4 Å². The highest BCUT2D eigenvalue weighted by molar-refractivity contribution is 7.80. The Kier molecular flexibility index (Phi) is 20.1. The van der Waals surface area contributed by atoms with Crippen molar-refractivity contribution in [3.63, 3.8) is 0 Å². The maximum atomic E-state index is 12.7. The Hall–Kier alpha value is -3.60. The molecule has 4 N–H and O–H groups in total. The smallest absolute Gasteiger partial charge is 0.463 e. The first-order valence-electron chi connectivity index (χ1n) is 18.8. The third-order valence-electron chi connectivity index (χ3n) is 9.10. The van der Waals surface area contributed by atoms with E-state index in [1.165, 1.54) is 44.7 Å². The highest BCUT2D eigenvalue weighted by atomic mass is 32.1. The van der Waals surface area contributed by atoms with E-state index in [0.29, 0.717) is 37.2 Å². The number of rotatable bonds is 23. The number of carbonyl (C=O) groups is 4. The average Bonchev–Trinajstić information content (AvgIpc) is 3.45. The van der Waals surface area contributed by atoms with E-state index >= 15 is 0 Å². The van der Waals surface area contributed by atoms with Crippen molar-refractivity contribution in [2.45, 2.75) is 122 Å². The topological polar surface area (TPSA) is 268 Å². The first-order valence-corrected chi connectivity index (χ1v) is 20.7. The van der Waals surface area contributed by atoms with E-state index in [-0.39, 0.29) is 19.8 Å². The van der Waals surface area contributed by atoms with Crippen LogP contribution >= 0.6 is 20.0 Å². The van der Waals surface area contributed by atoms with Crippen molar-refractivity contribution in [1.82, 2.24) is 20.2 Å². The zero-order chi connectivity index (χ0) is 43.0. The molecule has 3 heterocycles. The van der Waals surface area contributed by atoms with Gasteiger partial charge in [0.15, 0.2) is 18.5 Å². The van der Waals surface area contributed by atoms with E-state index in [0.717, 1.165) is 33.3 Å². The fourth-order valence-electron chi connectivity index (χ4n) is 6.67. The van der Waals surface area contributed by atoms with Crippen molar-refractivity contribution in [3.05, 3.63) is 33.1 Å². The maximum Gasteiger partial charge on any atom is 0.472 e. The van der Waals surface area contributed by atoms with Crippen LogP contribution in [0.4, 0.5) is 0 Å².